The molecule has 1 heterocycles. The van der Waals surface area contributed by atoms with Gasteiger partial charge in [-0.1, -0.05) is 26.7 Å². The number of rotatable bonds is 4. The van der Waals surface area contributed by atoms with Crippen LogP contribution in [0.15, 0.2) is 12.4 Å². The third kappa shape index (κ3) is 2.71. The second kappa shape index (κ2) is 4.81. The molecule has 3 heteroatoms. The van der Waals surface area contributed by atoms with Crippen molar-refractivity contribution in [3.05, 3.63) is 18.1 Å². The van der Waals surface area contributed by atoms with E-state index >= 15 is 0 Å². The Balaban J connectivity index is 1.93. The highest BCUT2D eigenvalue weighted by Gasteiger charge is 2.28. The maximum absolute atomic E-state index is 4.26. The van der Waals surface area contributed by atoms with E-state index in [-0.39, 0.29) is 0 Å². The Kier molecular flexibility index (Phi) is 3.42. The molecule has 0 amide bonds. The Labute approximate surface area is 97.7 Å². The molecule has 1 aromatic rings. The van der Waals surface area contributed by atoms with Crippen LogP contribution in [-0.2, 0) is 6.42 Å². The first-order chi connectivity index (χ1) is 7.72. The Morgan fingerprint density at radius 1 is 1.31 bits per heavy atom. The molecule has 1 N–H and O–H groups in total. The predicted molar refractivity (Wildman–Crippen MR) is 66.5 cm³/mol. The number of nitrogens with one attached hydrogen (secondary N) is 1. The van der Waals surface area contributed by atoms with E-state index in [1.165, 1.54) is 25.7 Å². The van der Waals surface area contributed by atoms with Gasteiger partial charge in [0, 0.05) is 18.3 Å². The third-order valence-corrected chi connectivity index (χ3v) is 3.59. The van der Waals surface area contributed by atoms with Gasteiger partial charge in [-0.15, -0.1) is 0 Å². The second-order valence-electron chi connectivity index (χ2n) is 5.12. The number of hydrogen-bond acceptors (Lipinski definition) is 3. The summed E-state index contributed by atoms with van der Waals surface area (Å²) >= 11 is 0. The molecule has 0 unspecified atom stereocenters. The zero-order chi connectivity index (χ0) is 11.4. The van der Waals surface area contributed by atoms with Crippen LogP contribution in [0.3, 0.4) is 0 Å². The lowest BCUT2D eigenvalue weighted by Gasteiger charge is -2.23. The molecule has 1 aliphatic carbocycles. The van der Waals surface area contributed by atoms with Gasteiger partial charge in [0.1, 0.15) is 12.1 Å². The molecule has 0 atom stereocenters. The van der Waals surface area contributed by atoms with Crippen LogP contribution in [0.5, 0.6) is 0 Å². The number of nitrogens with zero attached hydrogens (tertiary/aromatic N) is 2. The van der Waals surface area contributed by atoms with E-state index in [4.69, 9.17) is 0 Å². The number of hydrogen-bond donors (Lipinski definition) is 1. The lowest BCUT2D eigenvalue weighted by Crippen LogP contribution is -2.23. The smallest absolute Gasteiger partial charge is 0.129 e. The van der Waals surface area contributed by atoms with Gasteiger partial charge < -0.3 is 5.32 Å². The Hall–Kier alpha value is -1.12. The zero-order valence-corrected chi connectivity index (χ0v) is 10.3. The molecule has 0 aliphatic heterocycles. The van der Waals surface area contributed by atoms with E-state index < -0.39 is 0 Å². The van der Waals surface area contributed by atoms with Crippen LogP contribution in [0.2, 0.25) is 0 Å². The van der Waals surface area contributed by atoms with Crippen LogP contribution in [0.25, 0.3) is 0 Å². The summed E-state index contributed by atoms with van der Waals surface area (Å²) in [5.74, 6) is 0.972. The van der Waals surface area contributed by atoms with Crippen molar-refractivity contribution in [2.24, 2.45) is 5.41 Å². The molecule has 2 rings (SSSR count). The second-order valence-corrected chi connectivity index (χ2v) is 5.12. The minimum absolute atomic E-state index is 0.470. The van der Waals surface area contributed by atoms with Gasteiger partial charge in [0.2, 0.25) is 0 Å². The topological polar surface area (TPSA) is 37.8 Å². The van der Waals surface area contributed by atoms with Crippen LogP contribution in [0.4, 0.5) is 5.82 Å². The normalized spacial score (nSPS) is 18.6. The zero-order valence-electron chi connectivity index (χ0n) is 10.3. The first kappa shape index (κ1) is 11.4. The van der Waals surface area contributed by atoms with Gasteiger partial charge in [0.15, 0.2) is 0 Å². The lowest BCUT2D eigenvalue weighted by atomic mass is 9.89. The number of aryl methyl sites for hydroxylation is 1. The van der Waals surface area contributed by atoms with Crippen molar-refractivity contribution >= 4 is 5.82 Å². The van der Waals surface area contributed by atoms with Crippen LogP contribution >= 0.6 is 0 Å². The lowest BCUT2D eigenvalue weighted by molar-refractivity contribution is 0.361. The van der Waals surface area contributed by atoms with E-state index in [9.17, 15) is 0 Å². The Morgan fingerprint density at radius 2 is 2.06 bits per heavy atom. The van der Waals surface area contributed by atoms with Gasteiger partial charge in [0.05, 0.1) is 0 Å². The highest BCUT2D eigenvalue weighted by Crippen LogP contribution is 2.37. The molecule has 0 aromatic carbocycles. The van der Waals surface area contributed by atoms with Gasteiger partial charge >= 0.3 is 0 Å². The number of aromatic nitrogens is 2. The predicted octanol–water partition coefficient (Wildman–Crippen LogP) is 3.03. The maximum Gasteiger partial charge on any atom is 0.129 e. The van der Waals surface area contributed by atoms with Crippen LogP contribution in [-0.4, -0.2) is 16.5 Å². The summed E-state index contributed by atoms with van der Waals surface area (Å²) in [6.45, 7) is 5.52. The molecule has 16 heavy (non-hydrogen) atoms. The molecule has 1 fully saturated rings. The average Bonchev–Trinajstić information content (AvgIpc) is 2.75. The summed E-state index contributed by atoms with van der Waals surface area (Å²) in [6, 6.07) is 2.05. The fourth-order valence-corrected chi connectivity index (χ4v) is 2.40. The summed E-state index contributed by atoms with van der Waals surface area (Å²) in [7, 11) is 0. The molecule has 1 aromatic heterocycles. The quantitative estimate of drug-likeness (QED) is 0.845. The first-order valence-corrected chi connectivity index (χ1v) is 6.27. The van der Waals surface area contributed by atoms with Crippen molar-refractivity contribution in [1.82, 2.24) is 9.97 Å². The van der Waals surface area contributed by atoms with Crippen molar-refractivity contribution in [2.45, 2.75) is 46.0 Å². The third-order valence-electron chi connectivity index (χ3n) is 3.59. The van der Waals surface area contributed by atoms with E-state index in [2.05, 4.69) is 35.2 Å². The first-order valence-electron chi connectivity index (χ1n) is 6.27. The minimum atomic E-state index is 0.470. The minimum Gasteiger partial charge on any atom is -0.369 e. The molecular weight excluding hydrogens is 198 g/mol. The average molecular weight is 219 g/mol. The van der Waals surface area contributed by atoms with Crippen molar-refractivity contribution in [3.63, 3.8) is 0 Å². The summed E-state index contributed by atoms with van der Waals surface area (Å²) < 4.78 is 0. The summed E-state index contributed by atoms with van der Waals surface area (Å²) in [6.07, 6.45) is 8.05. The van der Waals surface area contributed by atoms with Gasteiger partial charge in [-0.25, -0.2) is 9.97 Å². The van der Waals surface area contributed by atoms with Crippen LogP contribution in [0.1, 0.15) is 45.2 Å². The molecule has 1 saturated carbocycles. The molecule has 0 radical (unpaired) electrons. The van der Waals surface area contributed by atoms with Crippen molar-refractivity contribution < 1.29 is 0 Å². The summed E-state index contributed by atoms with van der Waals surface area (Å²) in [5.41, 5.74) is 1.58. The Morgan fingerprint density at radius 3 is 2.75 bits per heavy atom. The fourth-order valence-electron chi connectivity index (χ4n) is 2.40. The molecule has 1 aliphatic rings. The fraction of sp³-hybridized carbons (Fsp3) is 0.692. The van der Waals surface area contributed by atoms with E-state index in [0.717, 1.165) is 24.5 Å². The van der Waals surface area contributed by atoms with E-state index in [0.29, 0.717) is 5.41 Å². The standard InChI is InChI=1S/C13H21N3/c1-3-11-8-12(16-10-15-11)14-9-13(2)6-4-5-7-13/h8,10H,3-7,9H2,1-2H3,(H,14,15,16). The molecule has 0 bridgehead atoms. The highest BCUT2D eigenvalue weighted by molar-refractivity contribution is 5.35. The molecular formula is C13H21N3. The monoisotopic (exact) mass is 219 g/mol. The summed E-state index contributed by atoms with van der Waals surface area (Å²) in [5, 5.41) is 3.45. The molecule has 0 spiro atoms. The van der Waals surface area contributed by atoms with Gasteiger partial charge in [-0.2, -0.15) is 0 Å². The van der Waals surface area contributed by atoms with Crippen LogP contribution < -0.4 is 5.32 Å². The van der Waals surface area contributed by atoms with Crippen molar-refractivity contribution in [3.8, 4) is 0 Å². The highest BCUT2D eigenvalue weighted by atomic mass is 15.0. The van der Waals surface area contributed by atoms with E-state index in [1.54, 1.807) is 6.33 Å². The van der Waals surface area contributed by atoms with Crippen molar-refractivity contribution in [2.75, 3.05) is 11.9 Å². The molecule has 88 valence electrons. The number of anilines is 1. The van der Waals surface area contributed by atoms with E-state index in [1.807, 2.05) is 0 Å². The van der Waals surface area contributed by atoms with Gasteiger partial charge in [-0.3, -0.25) is 0 Å². The molecule has 0 saturated heterocycles. The van der Waals surface area contributed by atoms with Crippen molar-refractivity contribution in [1.29, 1.82) is 0 Å². The maximum atomic E-state index is 4.26. The van der Waals surface area contributed by atoms with Gasteiger partial charge in [0.25, 0.3) is 0 Å². The Bertz CT molecular complexity index is 343. The largest absolute Gasteiger partial charge is 0.369 e. The SMILES string of the molecule is CCc1cc(NCC2(C)CCCC2)ncn1. The van der Waals surface area contributed by atoms with Crippen LogP contribution in [0, 0.1) is 5.41 Å². The van der Waals surface area contributed by atoms with Gasteiger partial charge in [-0.05, 0) is 24.7 Å². The molecule has 3 nitrogen and oxygen atoms in total. The summed E-state index contributed by atoms with van der Waals surface area (Å²) in [4.78, 5) is 8.46.